The molecule has 1 amide bonds. The number of rotatable bonds is 6. The molecule has 6 nitrogen and oxygen atoms in total. The molecule has 0 saturated carbocycles. The number of para-hydroxylation sites is 1. The van der Waals surface area contributed by atoms with Crippen molar-refractivity contribution in [2.24, 2.45) is 0 Å². The Morgan fingerprint density at radius 3 is 2.78 bits per heavy atom. The second-order valence-electron chi connectivity index (χ2n) is 8.75. The van der Waals surface area contributed by atoms with E-state index in [-0.39, 0.29) is 24.2 Å². The van der Waals surface area contributed by atoms with Gasteiger partial charge < -0.3 is 24.5 Å². The molecule has 1 atom stereocenters. The minimum atomic E-state index is -1.68. The predicted octanol–water partition coefficient (Wildman–Crippen LogP) is 2.79. The number of fused-ring (bicyclic) bond motifs is 3. The van der Waals surface area contributed by atoms with Crippen molar-refractivity contribution in [3.8, 4) is 0 Å². The molecule has 2 heterocycles. The van der Waals surface area contributed by atoms with Crippen LogP contribution in [0.5, 0.6) is 0 Å². The topological polar surface area (TPSA) is 91.9 Å². The third-order valence-electron chi connectivity index (χ3n) is 6.69. The van der Waals surface area contributed by atoms with Crippen molar-refractivity contribution in [3.63, 3.8) is 0 Å². The first-order chi connectivity index (χ1) is 15.5. The highest BCUT2D eigenvalue weighted by Gasteiger charge is 2.36. The molecule has 1 aromatic heterocycles. The summed E-state index contributed by atoms with van der Waals surface area (Å²) in [5.41, 5.74) is 4.97. The zero-order chi connectivity index (χ0) is 22.1. The summed E-state index contributed by atoms with van der Waals surface area (Å²) in [6, 6.07) is 13.7. The van der Waals surface area contributed by atoms with Gasteiger partial charge in [-0.15, -0.1) is 0 Å². The average molecular weight is 431 g/mol. The Morgan fingerprint density at radius 2 is 1.97 bits per heavy atom. The molecule has 0 unspecified atom stereocenters. The fraction of sp³-hybridized carbons (Fsp3) is 0.320. The minimum Gasteiger partial charge on any atom is -0.464 e. The molecule has 1 saturated heterocycles. The number of furan rings is 1. The lowest BCUT2D eigenvalue weighted by Crippen LogP contribution is -2.48. The van der Waals surface area contributed by atoms with Gasteiger partial charge in [0.1, 0.15) is 5.58 Å². The van der Waals surface area contributed by atoms with Crippen LogP contribution < -0.4 is 5.32 Å². The van der Waals surface area contributed by atoms with E-state index in [0.717, 1.165) is 53.7 Å². The average Bonchev–Trinajstić information content (AvgIpc) is 3.35. The lowest BCUT2D eigenvalue weighted by molar-refractivity contribution is -0.120. The molecular formula is C25H26BNO5. The Labute approximate surface area is 187 Å². The number of carbonyl (C=O) groups is 1. The maximum absolute atomic E-state index is 12.7. The van der Waals surface area contributed by atoms with E-state index in [1.54, 1.807) is 6.26 Å². The molecule has 2 aromatic carbocycles. The van der Waals surface area contributed by atoms with Gasteiger partial charge in [0.25, 0.3) is 0 Å². The van der Waals surface area contributed by atoms with Gasteiger partial charge in [0, 0.05) is 24.0 Å². The molecule has 7 heteroatoms. The standard InChI is InChI=1S/C25H26BNO5/c28-24(27-23(26(29)30)15-19-16-32-22-4-2-1-3-20(19)22)14-17-5-6-21-18(13-17)7-8-25(21)9-11-31-12-10-25/h1-8,13,16,23,29-30H,9-12,14-15H2,(H,27,28)/t23-/m0/s1. The Bertz CT molecular complexity index is 1160. The van der Waals surface area contributed by atoms with E-state index in [4.69, 9.17) is 9.15 Å². The van der Waals surface area contributed by atoms with Crippen molar-refractivity contribution in [2.45, 2.75) is 37.0 Å². The van der Waals surface area contributed by atoms with Gasteiger partial charge in [0.2, 0.25) is 5.91 Å². The number of benzene rings is 2. The summed E-state index contributed by atoms with van der Waals surface area (Å²) in [5.74, 6) is -1.08. The molecule has 1 fully saturated rings. The van der Waals surface area contributed by atoms with Crippen LogP contribution in [0, 0.1) is 0 Å². The molecule has 1 aliphatic carbocycles. The highest BCUT2D eigenvalue weighted by atomic mass is 16.5. The highest BCUT2D eigenvalue weighted by Crippen LogP contribution is 2.43. The van der Waals surface area contributed by atoms with E-state index in [1.165, 1.54) is 5.56 Å². The van der Waals surface area contributed by atoms with Gasteiger partial charge in [-0.2, -0.15) is 0 Å². The lowest BCUT2D eigenvalue weighted by atomic mass is 9.75. The quantitative estimate of drug-likeness (QED) is 0.522. The maximum atomic E-state index is 12.7. The molecule has 0 radical (unpaired) electrons. The number of hydrogen-bond acceptors (Lipinski definition) is 5. The lowest BCUT2D eigenvalue weighted by Gasteiger charge is -2.33. The van der Waals surface area contributed by atoms with Gasteiger partial charge >= 0.3 is 7.12 Å². The molecule has 3 N–H and O–H groups in total. The van der Waals surface area contributed by atoms with Crippen LogP contribution in [-0.2, 0) is 27.8 Å². The molecule has 32 heavy (non-hydrogen) atoms. The number of amides is 1. The van der Waals surface area contributed by atoms with Crippen molar-refractivity contribution in [1.29, 1.82) is 0 Å². The van der Waals surface area contributed by atoms with E-state index in [2.05, 4.69) is 29.6 Å². The van der Waals surface area contributed by atoms with Gasteiger partial charge in [-0.3, -0.25) is 4.79 Å². The van der Waals surface area contributed by atoms with E-state index < -0.39 is 13.1 Å². The van der Waals surface area contributed by atoms with Gasteiger partial charge in [-0.1, -0.05) is 48.6 Å². The van der Waals surface area contributed by atoms with Crippen LogP contribution in [0.4, 0.5) is 0 Å². The largest absolute Gasteiger partial charge is 0.475 e. The predicted molar refractivity (Wildman–Crippen MR) is 123 cm³/mol. The van der Waals surface area contributed by atoms with Crippen molar-refractivity contribution < 1.29 is 24.0 Å². The summed E-state index contributed by atoms with van der Waals surface area (Å²) >= 11 is 0. The van der Waals surface area contributed by atoms with Crippen LogP contribution in [0.2, 0.25) is 0 Å². The molecule has 3 aromatic rings. The molecule has 0 bridgehead atoms. The first-order valence-corrected chi connectivity index (χ1v) is 11.1. The Morgan fingerprint density at radius 1 is 1.16 bits per heavy atom. The van der Waals surface area contributed by atoms with Crippen LogP contribution >= 0.6 is 0 Å². The van der Waals surface area contributed by atoms with Crippen LogP contribution in [0.25, 0.3) is 17.0 Å². The van der Waals surface area contributed by atoms with E-state index >= 15 is 0 Å². The second kappa shape index (κ2) is 8.58. The summed E-state index contributed by atoms with van der Waals surface area (Å²) in [6.07, 6.45) is 8.42. The Balaban J connectivity index is 1.27. The first-order valence-electron chi connectivity index (χ1n) is 11.1. The van der Waals surface area contributed by atoms with Crippen LogP contribution in [0.3, 0.4) is 0 Å². The number of carbonyl (C=O) groups excluding carboxylic acids is 1. The summed E-state index contributed by atoms with van der Waals surface area (Å²) in [4.78, 5) is 12.7. The second-order valence-corrected chi connectivity index (χ2v) is 8.75. The zero-order valence-corrected chi connectivity index (χ0v) is 17.8. The normalized spacial score (nSPS) is 17.4. The first kappa shape index (κ1) is 21.0. The van der Waals surface area contributed by atoms with Crippen LogP contribution in [0.15, 0.2) is 59.2 Å². The fourth-order valence-corrected chi connectivity index (χ4v) is 4.93. The van der Waals surface area contributed by atoms with E-state index in [0.29, 0.717) is 0 Å². The highest BCUT2D eigenvalue weighted by molar-refractivity contribution is 6.43. The van der Waals surface area contributed by atoms with Crippen LogP contribution in [0.1, 0.15) is 35.1 Å². The molecule has 5 rings (SSSR count). The summed E-state index contributed by atoms with van der Waals surface area (Å²) in [6.45, 7) is 1.54. The smallest absolute Gasteiger partial charge is 0.464 e. The third-order valence-corrected chi connectivity index (χ3v) is 6.69. The van der Waals surface area contributed by atoms with E-state index in [1.807, 2.05) is 30.3 Å². The summed E-state index contributed by atoms with van der Waals surface area (Å²) < 4.78 is 11.1. The van der Waals surface area contributed by atoms with Gasteiger partial charge in [-0.25, -0.2) is 0 Å². The fourth-order valence-electron chi connectivity index (χ4n) is 4.93. The maximum Gasteiger partial charge on any atom is 0.475 e. The van der Waals surface area contributed by atoms with Crippen molar-refractivity contribution >= 4 is 30.1 Å². The monoisotopic (exact) mass is 431 g/mol. The van der Waals surface area contributed by atoms with Gasteiger partial charge in [0.05, 0.1) is 18.6 Å². The molecular weight excluding hydrogens is 405 g/mol. The van der Waals surface area contributed by atoms with Crippen molar-refractivity contribution in [3.05, 3.63) is 77.1 Å². The number of ether oxygens (including phenoxy) is 1. The minimum absolute atomic E-state index is 0.0633. The van der Waals surface area contributed by atoms with Crippen molar-refractivity contribution in [1.82, 2.24) is 5.32 Å². The zero-order valence-electron chi connectivity index (χ0n) is 17.8. The summed E-state index contributed by atoms with van der Waals surface area (Å²) in [5, 5.41) is 23.4. The Kier molecular flexibility index (Phi) is 5.63. The van der Waals surface area contributed by atoms with Crippen LogP contribution in [-0.4, -0.2) is 42.2 Å². The summed E-state index contributed by atoms with van der Waals surface area (Å²) in [7, 11) is -1.68. The SMILES string of the molecule is O=C(Cc1ccc2c(c1)C=CC21CCOCC1)N[C@@H](Cc1coc2ccccc12)B(O)O. The van der Waals surface area contributed by atoms with Gasteiger partial charge in [0.15, 0.2) is 0 Å². The third kappa shape index (κ3) is 3.99. The molecule has 1 aliphatic heterocycles. The molecule has 1 spiro atoms. The molecule has 2 aliphatic rings. The van der Waals surface area contributed by atoms with Gasteiger partial charge in [-0.05, 0) is 47.6 Å². The number of allylic oxidation sites excluding steroid dienone is 1. The molecule has 164 valence electrons. The van der Waals surface area contributed by atoms with Crippen molar-refractivity contribution in [2.75, 3.05) is 13.2 Å². The number of hydrogen-bond donors (Lipinski definition) is 3. The Hall–Kier alpha value is -2.87. The number of nitrogens with one attached hydrogen (secondary N) is 1. The van der Waals surface area contributed by atoms with E-state index in [9.17, 15) is 14.8 Å².